The number of nitrogens with zero attached hydrogens (tertiary/aromatic N) is 1. The van der Waals surface area contributed by atoms with Gasteiger partial charge in [-0.2, -0.15) is 0 Å². The van der Waals surface area contributed by atoms with Gasteiger partial charge in [0.1, 0.15) is 0 Å². The van der Waals surface area contributed by atoms with E-state index in [1.54, 1.807) is 6.07 Å². The fraction of sp³-hybridized carbons (Fsp3) is 0.467. The number of piperidine rings is 1. The van der Waals surface area contributed by atoms with Crippen LogP contribution in [0.1, 0.15) is 64.6 Å². The van der Waals surface area contributed by atoms with Gasteiger partial charge in [-0.05, 0) is 79.8 Å². The fourth-order valence-corrected chi connectivity index (χ4v) is 8.15. The summed E-state index contributed by atoms with van der Waals surface area (Å²) in [6, 6.07) is 14.5. The molecule has 5 aliphatic rings. The predicted octanol–water partition coefficient (Wildman–Crippen LogP) is 4.32. The molecule has 0 radical (unpaired) electrons. The van der Waals surface area contributed by atoms with E-state index in [2.05, 4.69) is 53.2 Å². The first-order valence-corrected chi connectivity index (χ1v) is 13.2. The van der Waals surface area contributed by atoms with E-state index in [0.29, 0.717) is 12.2 Å². The summed E-state index contributed by atoms with van der Waals surface area (Å²) in [5.74, 6) is 1.58. The molecule has 3 aromatic rings. The zero-order valence-electron chi connectivity index (χ0n) is 20.2. The molecule has 35 heavy (non-hydrogen) atoms. The number of benzene rings is 2. The number of hydrogen-bond acceptors (Lipinski definition) is 4. The molecule has 5 nitrogen and oxygen atoms in total. The van der Waals surface area contributed by atoms with E-state index >= 15 is 0 Å². The highest BCUT2D eigenvalue weighted by Crippen LogP contribution is 2.69. The van der Waals surface area contributed by atoms with Crippen LogP contribution in [0.3, 0.4) is 0 Å². The lowest BCUT2D eigenvalue weighted by Gasteiger charge is -2.62. The van der Waals surface area contributed by atoms with Gasteiger partial charge in [0.25, 0.3) is 0 Å². The van der Waals surface area contributed by atoms with Gasteiger partial charge in [0, 0.05) is 30.3 Å². The van der Waals surface area contributed by atoms with Crippen molar-refractivity contribution in [3.63, 3.8) is 0 Å². The summed E-state index contributed by atoms with van der Waals surface area (Å²) in [6.07, 6.45) is 5.48. The smallest absolute Gasteiger partial charge is 0.166 e. The molecule has 1 spiro atoms. The number of aromatic hydroxyl groups is 1. The van der Waals surface area contributed by atoms with Crippen molar-refractivity contribution in [3.8, 4) is 11.5 Å². The second kappa shape index (κ2) is 6.71. The standard InChI is InChI=1S/C30H32N2O3/c1-17-21(13-18-5-3-2-4-6-18)22-15-30(34)24-14-20-9-10-23(33)27-25(20)29(30,28(35-27)26(22)31-17)11-12-32(24)16-19-7-8-19/h2-6,9-10,19,24,28,31,33-34H,7-8,11-16H2,1H3/t24?,28-,29-,30+/m0/s1. The highest BCUT2D eigenvalue weighted by atomic mass is 16.5. The van der Waals surface area contributed by atoms with Crippen molar-refractivity contribution in [2.75, 3.05) is 13.1 Å². The van der Waals surface area contributed by atoms with Crippen molar-refractivity contribution in [1.29, 1.82) is 0 Å². The van der Waals surface area contributed by atoms with E-state index < -0.39 is 11.0 Å². The van der Waals surface area contributed by atoms with Gasteiger partial charge in [-0.3, -0.25) is 4.90 Å². The largest absolute Gasteiger partial charge is 0.504 e. The normalized spacial score (nSPS) is 32.2. The van der Waals surface area contributed by atoms with E-state index in [9.17, 15) is 10.2 Å². The molecule has 3 aliphatic carbocycles. The molecule has 2 fully saturated rings. The maximum absolute atomic E-state index is 12.9. The fourth-order valence-electron chi connectivity index (χ4n) is 8.15. The first-order chi connectivity index (χ1) is 17.0. The molecule has 2 aliphatic heterocycles. The lowest BCUT2D eigenvalue weighted by molar-refractivity contribution is -0.173. The third-order valence-electron chi connectivity index (χ3n) is 9.91. The van der Waals surface area contributed by atoms with Crippen molar-refractivity contribution in [3.05, 3.63) is 81.7 Å². The monoisotopic (exact) mass is 468 g/mol. The summed E-state index contributed by atoms with van der Waals surface area (Å²) in [6.45, 7) is 4.22. The van der Waals surface area contributed by atoms with Crippen LogP contribution in [0.4, 0.5) is 0 Å². The highest BCUT2D eigenvalue weighted by molar-refractivity contribution is 5.65. The number of likely N-dealkylation sites (tertiary alicyclic amines) is 1. The average Bonchev–Trinajstić information content (AvgIpc) is 3.52. The minimum atomic E-state index is -0.927. The van der Waals surface area contributed by atoms with Crippen LogP contribution in [-0.4, -0.2) is 44.8 Å². The summed E-state index contributed by atoms with van der Waals surface area (Å²) in [5, 5.41) is 23.8. The van der Waals surface area contributed by atoms with Gasteiger partial charge in [-0.1, -0.05) is 36.4 Å². The summed E-state index contributed by atoms with van der Waals surface area (Å²) < 4.78 is 6.69. The molecule has 0 amide bonds. The Morgan fingerprint density at radius 2 is 1.97 bits per heavy atom. The van der Waals surface area contributed by atoms with Crippen molar-refractivity contribution in [2.24, 2.45) is 5.92 Å². The lowest BCUT2D eigenvalue weighted by Crippen LogP contribution is -2.74. The highest BCUT2D eigenvalue weighted by Gasteiger charge is 2.73. The van der Waals surface area contributed by atoms with Crippen molar-refractivity contribution in [2.45, 2.75) is 68.6 Å². The van der Waals surface area contributed by atoms with Gasteiger partial charge in [0.05, 0.1) is 16.7 Å². The number of phenols is 1. The van der Waals surface area contributed by atoms with Crippen LogP contribution in [0.5, 0.6) is 11.5 Å². The molecule has 180 valence electrons. The van der Waals surface area contributed by atoms with Crippen LogP contribution >= 0.6 is 0 Å². The van der Waals surface area contributed by atoms with Crippen LogP contribution in [0, 0.1) is 12.8 Å². The van der Waals surface area contributed by atoms with Gasteiger partial charge in [0.2, 0.25) is 0 Å². The number of ether oxygens (including phenoxy) is 1. The van der Waals surface area contributed by atoms with E-state index in [1.165, 1.54) is 35.1 Å². The number of nitrogens with one attached hydrogen (secondary N) is 1. The Labute approximate surface area is 205 Å². The Morgan fingerprint density at radius 1 is 1.14 bits per heavy atom. The number of hydrogen-bond donors (Lipinski definition) is 3. The molecular formula is C30H32N2O3. The maximum Gasteiger partial charge on any atom is 0.166 e. The summed E-state index contributed by atoms with van der Waals surface area (Å²) >= 11 is 0. The molecule has 2 bridgehead atoms. The average molecular weight is 469 g/mol. The number of aromatic amines is 1. The van der Waals surface area contributed by atoms with Crippen molar-refractivity contribution < 1.29 is 14.9 Å². The molecule has 2 aromatic carbocycles. The molecule has 3 N–H and O–H groups in total. The number of aryl methyl sites for hydroxylation is 1. The molecule has 1 unspecified atom stereocenters. The molecule has 1 saturated carbocycles. The third kappa shape index (κ3) is 2.51. The SMILES string of the molecule is Cc1[nH]c2c(c1Cc1ccccc1)C[C@@]1(O)C3Cc4ccc(O)c5c4[C@@]1(CCN3CC1CC1)[C@H]2O5. The van der Waals surface area contributed by atoms with Gasteiger partial charge in [0.15, 0.2) is 17.6 Å². The minimum Gasteiger partial charge on any atom is -0.504 e. The number of aliphatic hydroxyl groups is 1. The first-order valence-electron chi connectivity index (χ1n) is 13.2. The Hall–Kier alpha value is -2.76. The van der Waals surface area contributed by atoms with Crippen LogP contribution in [0.25, 0.3) is 0 Å². The minimum absolute atomic E-state index is 0.0684. The lowest BCUT2D eigenvalue weighted by atomic mass is 9.49. The number of fused-ring (bicyclic) bond motifs is 2. The van der Waals surface area contributed by atoms with Crippen LogP contribution in [0.2, 0.25) is 0 Å². The van der Waals surface area contributed by atoms with Crippen LogP contribution in [0.15, 0.2) is 42.5 Å². The molecule has 5 heteroatoms. The predicted molar refractivity (Wildman–Crippen MR) is 133 cm³/mol. The van der Waals surface area contributed by atoms with E-state index in [1.807, 2.05) is 0 Å². The second-order valence-electron chi connectivity index (χ2n) is 11.7. The van der Waals surface area contributed by atoms with Gasteiger partial charge >= 0.3 is 0 Å². The van der Waals surface area contributed by atoms with Gasteiger partial charge < -0.3 is 19.9 Å². The maximum atomic E-state index is 12.9. The molecular weight excluding hydrogens is 436 g/mol. The van der Waals surface area contributed by atoms with E-state index in [4.69, 9.17) is 4.74 Å². The van der Waals surface area contributed by atoms with E-state index in [-0.39, 0.29) is 17.9 Å². The van der Waals surface area contributed by atoms with Crippen molar-refractivity contribution >= 4 is 0 Å². The molecule has 3 heterocycles. The Bertz CT molecular complexity index is 1360. The third-order valence-corrected chi connectivity index (χ3v) is 9.91. The first kappa shape index (κ1) is 20.4. The number of H-pyrrole nitrogens is 1. The molecule has 4 atom stereocenters. The summed E-state index contributed by atoms with van der Waals surface area (Å²) in [5.41, 5.74) is 6.93. The number of aromatic nitrogens is 1. The second-order valence-corrected chi connectivity index (χ2v) is 11.7. The molecule has 8 rings (SSSR count). The van der Waals surface area contributed by atoms with E-state index in [0.717, 1.165) is 55.2 Å². The summed E-state index contributed by atoms with van der Waals surface area (Å²) in [7, 11) is 0. The molecule has 1 saturated heterocycles. The zero-order chi connectivity index (χ0) is 23.5. The molecule has 1 aromatic heterocycles. The zero-order valence-corrected chi connectivity index (χ0v) is 20.2. The van der Waals surface area contributed by atoms with Crippen molar-refractivity contribution in [1.82, 2.24) is 9.88 Å². The quantitative estimate of drug-likeness (QED) is 0.534. The summed E-state index contributed by atoms with van der Waals surface area (Å²) in [4.78, 5) is 6.30. The van der Waals surface area contributed by atoms with Crippen LogP contribution < -0.4 is 4.74 Å². The van der Waals surface area contributed by atoms with Crippen LogP contribution in [-0.2, 0) is 24.7 Å². The Balaban J connectivity index is 1.33. The van der Waals surface area contributed by atoms with Gasteiger partial charge in [-0.15, -0.1) is 0 Å². The van der Waals surface area contributed by atoms with Gasteiger partial charge in [-0.25, -0.2) is 0 Å². The Morgan fingerprint density at radius 3 is 2.77 bits per heavy atom. The topological polar surface area (TPSA) is 68.7 Å². The Kier molecular flexibility index (Phi) is 3.92. The number of phenolic OH excluding ortho intramolecular Hbond substituents is 1. The number of rotatable bonds is 4.